The predicted molar refractivity (Wildman–Crippen MR) is 79.6 cm³/mol. The maximum atomic E-state index is 2.60. The van der Waals surface area contributed by atoms with Gasteiger partial charge in [0.05, 0.1) is 0 Å². The monoisotopic (exact) mass is 362 g/mol. The summed E-state index contributed by atoms with van der Waals surface area (Å²) < 4.78 is 3.70. The second-order valence-corrected chi connectivity index (χ2v) is 17.3. The molecule has 0 unspecified atom stereocenters. The molecule has 0 radical (unpaired) electrons. The molecule has 4 heteroatoms. The van der Waals surface area contributed by atoms with Gasteiger partial charge in [0.1, 0.15) is 0 Å². The van der Waals surface area contributed by atoms with Crippen molar-refractivity contribution in [2.75, 3.05) is 0 Å². The van der Waals surface area contributed by atoms with Crippen molar-refractivity contribution < 1.29 is 41.4 Å². The Hall–Kier alpha value is 0.471. The molecule has 0 amide bonds. The summed E-state index contributed by atoms with van der Waals surface area (Å²) >= 11 is -1.11. The molecule has 0 spiro atoms. The van der Waals surface area contributed by atoms with Crippen LogP contribution in [-0.2, 0) is 16.6 Å². The van der Waals surface area contributed by atoms with Gasteiger partial charge >= 0.3 is 119 Å². The minimum absolute atomic E-state index is 0. The van der Waals surface area contributed by atoms with Crippen molar-refractivity contribution in [1.29, 1.82) is 0 Å². The van der Waals surface area contributed by atoms with Gasteiger partial charge < -0.3 is 24.8 Å². The zero-order valence-corrected chi connectivity index (χ0v) is 17.0. The SMILES string of the molecule is CCC1=C(CC)C[C]([Ti+2]([C]2=CC=CC2)=[Si](C)C)=C1.[Cl-].[Cl-]. The number of hydrogen-bond donors (Lipinski definition) is 0. The first kappa shape index (κ1) is 20.5. The smallest absolute Gasteiger partial charge is 1.00 e. The molecule has 0 saturated heterocycles. The van der Waals surface area contributed by atoms with Gasteiger partial charge in [0, 0.05) is 0 Å². The maximum Gasteiger partial charge on any atom is -1.00 e. The van der Waals surface area contributed by atoms with Crippen molar-refractivity contribution in [3.63, 3.8) is 0 Å². The van der Waals surface area contributed by atoms with Gasteiger partial charge in [-0.1, -0.05) is 0 Å². The van der Waals surface area contributed by atoms with E-state index in [0.717, 1.165) is 0 Å². The molecule has 0 heterocycles. The van der Waals surface area contributed by atoms with E-state index in [-0.39, 0.29) is 31.0 Å². The third-order valence-corrected chi connectivity index (χ3v) is 15.3. The third kappa shape index (κ3) is 4.48. The van der Waals surface area contributed by atoms with Crippen molar-refractivity contribution in [3.8, 4) is 0 Å². The molecule has 2 aliphatic carbocycles. The Morgan fingerprint density at radius 2 is 1.80 bits per heavy atom. The van der Waals surface area contributed by atoms with Crippen molar-refractivity contribution in [3.05, 3.63) is 43.2 Å². The summed E-state index contributed by atoms with van der Waals surface area (Å²) in [5, 5.41) is 0. The van der Waals surface area contributed by atoms with Gasteiger partial charge in [0.15, 0.2) is 0 Å². The Kier molecular flexibility index (Phi) is 9.70. The Labute approximate surface area is 143 Å². The van der Waals surface area contributed by atoms with E-state index >= 15 is 0 Å². The molecule has 0 saturated carbocycles. The van der Waals surface area contributed by atoms with Gasteiger partial charge in [-0.15, -0.1) is 0 Å². The van der Waals surface area contributed by atoms with Crippen molar-refractivity contribution in [2.24, 2.45) is 0 Å². The minimum Gasteiger partial charge on any atom is -1.00 e. The summed E-state index contributed by atoms with van der Waals surface area (Å²) in [5.41, 5.74) is 3.39. The first-order chi connectivity index (χ1) is 8.67. The van der Waals surface area contributed by atoms with E-state index in [9.17, 15) is 0 Å². The van der Waals surface area contributed by atoms with Crippen LogP contribution in [-0.4, -0.2) is 6.19 Å². The molecular weight excluding hydrogens is 339 g/mol. The summed E-state index contributed by atoms with van der Waals surface area (Å²) in [6.07, 6.45) is 14.6. The van der Waals surface area contributed by atoms with Gasteiger partial charge in [-0.2, -0.15) is 0 Å². The summed E-state index contributed by atoms with van der Waals surface area (Å²) in [6.45, 7) is 9.71. The van der Waals surface area contributed by atoms with Gasteiger partial charge in [-0.3, -0.25) is 0 Å². The normalized spacial score (nSPS) is 15.9. The largest absolute Gasteiger partial charge is 1.00 e. The molecule has 0 aromatic rings. The first-order valence-corrected chi connectivity index (χ1v) is 13.5. The number of rotatable bonds is 4. The first-order valence-electron chi connectivity index (χ1n) is 7.12. The van der Waals surface area contributed by atoms with Crippen LogP contribution < -0.4 is 24.8 Å². The zero-order valence-electron chi connectivity index (χ0n) is 12.9. The van der Waals surface area contributed by atoms with Gasteiger partial charge in [-0.05, 0) is 0 Å². The van der Waals surface area contributed by atoms with E-state index in [0.29, 0.717) is 0 Å². The van der Waals surface area contributed by atoms with Crippen molar-refractivity contribution in [2.45, 2.75) is 52.6 Å². The van der Waals surface area contributed by atoms with Crippen molar-refractivity contribution >= 4 is 6.19 Å². The van der Waals surface area contributed by atoms with E-state index in [1.54, 1.807) is 11.1 Å². The van der Waals surface area contributed by atoms with Crippen LogP contribution in [0.5, 0.6) is 0 Å². The molecule has 0 atom stereocenters. The molecule has 2 rings (SSSR count). The van der Waals surface area contributed by atoms with Gasteiger partial charge in [0.2, 0.25) is 0 Å². The predicted octanol–water partition coefficient (Wildman–Crippen LogP) is -0.888. The second kappa shape index (κ2) is 9.48. The molecule has 0 fully saturated rings. The van der Waals surface area contributed by atoms with Crippen LogP contribution in [0.15, 0.2) is 43.2 Å². The summed E-state index contributed by atoms with van der Waals surface area (Å²) in [5.74, 6) is 0. The molecule has 0 bridgehead atoms. The van der Waals surface area contributed by atoms with Crippen LogP contribution in [0.4, 0.5) is 0 Å². The summed E-state index contributed by atoms with van der Waals surface area (Å²) in [4.78, 5) is 0. The molecule has 2 aliphatic rings. The molecule has 0 aromatic carbocycles. The molecular formula is C16H24Cl2SiTi. The molecule has 0 N–H and O–H groups in total. The molecule has 20 heavy (non-hydrogen) atoms. The van der Waals surface area contributed by atoms with Crippen molar-refractivity contribution in [1.82, 2.24) is 0 Å². The number of hydrogen-bond acceptors (Lipinski definition) is 0. The fourth-order valence-electron chi connectivity index (χ4n) is 3.05. The fourth-order valence-corrected chi connectivity index (χ4v) is 14.4. The Bertz CT molecular complexity index is 507. The average Bonchev–Trinajstić information content (AvgIpc) is 2.98. The van der Waals surface area contributed by atoms with Crippen LogP contribution in [0, 0.1) is 0 Å². The van der Waals surface area contributed by atoms with Gasteiger partial charge in [-0.25, -0.2) is 0 Å². The molecule has 0 aliphatic heterocycles. The van der Waals surface area contributed by atoms with E-state index in [4.69, 9.17) is 0 Å². The fraction of sp³-hybridized carbons (Fsp3) is 0.500. The van der Waals surface area contributed by atoms with Crippen LogP contribution in [0.1, 0.15) is 39.5 Å². The Morgan fingerprint density at radius 3 is 2.20 bits per heavy atom. The number of allylic oxidation sites excluding steroid dienone is 8. The average molecular weight is 363 g/mol. The Balaban J connectivity index is 0.00000180. The van der Waals surface area contributed by atoms with E-state index < -0.39 is 16.6 Å². The van der Waals surface area contributed by atoms with E-state index in [1.807, 2.05) is 7.76 Å². The maximum absolute atomic E-state index is 2.60. The topological polar surface area (TPSA) is 0 Å². The minimum atomic E-state index is -1.11. The third-order valence-electron chi connectivity index (χ3n) is 3.93. The van der Waals surface area contributed by atoms with Crippen LogP contribution in [0.25, 0.3) is 0 Å². The summed E-state index contributed by atoms with van der Waals surface area (Å²) in [7, 11) is 0. The van der Waals surface area contributed by atoms with Gasteiger partial charge in [0.25, 0.3) is 0 Å². The second-order valence-electron chi connectivity index (χ2n) is 5.38. The Morgan fingerprint density at radius 1 is 1.10 bits per heavy atom. The molecule has 0 nitrogen and oxygen atoms in total. The van der Waals surface area contributed by atoms with E-state index in [1.165, 1.54) is 25.7 Å². The number of halogens is 2. The summed E-state index contributed by atoms with van der Waals surface area (Å²) in [6, 6.07) is 0. The van der Waals surface area contributed by atoms with E-state index in [2.05, 4.69) is 51.2 Å². The van der Waals surface area contributed by atoms with Crippen LogP contribution in [0.2, 0.25) is 13.1 Å². The van der Waals surface area contributed by atoms with Crippen LogP contribution in [0.3, 0.4) is 0 Å². The standard InChI is InChI=1S/C9H13.C5H5.C2H6Si.2ClH.Ti/c1-3-8-6-5-7-9(8)4-2;1-2-4-5-3-1;1-3-2;;;/h6H,3-4,7H2,1-2H3;1-3H,4H2;1-2H3;2*1H;/q;;;;;+2/p-2. The molecule has 0 aromatic heterocycles. The molecule has 110 valence electrons. The van der Waals surface area contributed by atoms with Crippen LogP contribution >= 0.6 is 0 Å². The zero-order chi connectivity index (χ0) is 13.1. The quantitative estimate of drug-likeness (QED) is 0.569.